The number of hydrogen-bond donors (Lipinski definition) is 2. The SMILES string of the molecule is O=S(=O)(c1ccccc1)c1ccc(Cl)nc1Nc1cc(-c2ccc(F)cc2)[nH]n1. The molecule has 0 aliphatic rings. The minimum atomic E-state index is -3.82. The Kier molecular flexibility index (Phi) is 5.04. The van der Waals surface area contributed by atoms with Crippen LogP contribution in [0.2, 0.25) is 5.15 Å². The monoisotopic (exact) mass is 428 g/mol. The standard InChI is InChI=1S/C20H14ClFN4O2S/c21-18-11-10-17(29(27,28)15-4-2-1-3-5-15)20(23-18)24-19-12-16(25-26-19)13-6-8-14(22)9-7-13/h1-12H,(H2,23,24,25,26). The zero-order valence-corrected chi connectivity index (χ0v) is 16.4. The van der Waals surface area contributed by atoms with Crippen LogP contribution in [0.15, 0.2) is 82.6 Å². The first-order valence-corrected chi connectivity index (χ1v) is 10.3. The molecule has 146 valence electrons. The quantitative estimate of drug-likeness (QED) is 0.444. The third-order valence-corrected chi connectivity index (χ3v) is 6.16. The average molecular weight is 429 g/mol. The van der Waals surface area contributed by atoms with Crippen molar-refractivity contribution in [3.63, 3.8) is 0 Å². The number of H-pyrrole nitrogens is 1. The highest BCUT2D eigenvalue weighted by molar-refractivity contribution is 7.91. The lowest BCUT2D eigenvalue weighted by atomic mass is 10.1. The smallest absolute Gasteiger partial charge is 0.210 e. The van der Waals surface area contributed by atoms with Gasteiger partial charge in [-0.25, -0.2) is 17.8 Å². The molecule has 0 fully saturated rings. The van der Waals surface area contributed by atoms with Gasteiger partial charge in [-0.05, 0) is 54.1 Å². The normalized spacial score (nSPS) is 11.4. The fourth-order valence-corrected chi connectivity index (χ4v) is 4.26. The van der Waals surface area contributed by atoms with Gasteiger partial charge in [-0.2, -0.15) is 5.10 Å². The fourth-order valence-electron chi connectivity index (χ4n) is 2.74. The van der Waals surface area contributed by atoms with Gasteiger partial charge in [0.1, 0.15) is 15.9 Å². The van der Waals surface area contributed by atoms with Crippen LogP contribution >= 0.6 is 11.6 Å². The molecule has 0 atom stereocenters. The Morgan fingerprint density at radius 2 is 1.69 bits per heavy atom. The Morgan fingerprint density at radius 1 is 0.966 bits per heavy atom. The summed E-state index contributed by atoms with van der Waals surface area (Å²) in [5, 5.41) is 9.98. The Balaban J connectivity index is 1.70. The summed E-state index contributed by atoms with van der Waals surface area (Å²) in [5.41, 5.74) is 1.35. The molecule has 29 heavy (non-hydrogen) atoms. The van der Waals surface area contributed by atoms with Crippen molar-refractivity contribution in [3.8, 4) is 11.3 Å². The zero-order valence-electron chi connectivity index (χ0n) is 14.8. The van der Waals surface area contributed by atoms with Crippen molar-refractivity contribution in [2.24, 2.45) is 0 Å². The van der Waals surface area contributed by atoms with E-state index >= 15 is 0 Å². The summed E-state index contributed by atoms with van der Waals surface area (Å²) >= 11 is 5.99. The number of nitrogens with one attached hydrogen (secondary N) is 2. The van der Waals surface area contributed by atoms with Gasteiger partial charge in [0.25, 0.3) is 0 Å². The fraction of sp³-hybridized carbons (Fsp3) is 0. The van der Waals surface area contributed by atoms with Gasteiger partial charge in [0.2, 0.25) is 9.84 Å². The van der Waals surface area contributed by atoms with Crippen LogP contribution in [0, 0.1) is 5.82 Å². The van der Waals surface area contributed by atoms with E-state index in [2.05, 4.69) is 20.5 Å². The van der Waals surface area contributed by atoms with Crippen molar-refractivity contribution in [2.45, 2.75) is 9.79 Å². The van der Waals surface area contributed by atoms with Gasteiger partial charge < -0.3 is 5.32 Å². The number of anilines is 2. The summed E-state index contributed by atoms with van der Waals surface area (Å²) < 4.78 is 39.2. The van der Waals surface area contributed by atoms with E-state index in [9.17, 15) is 12.8 Å². The predicted molar refractivity (Wildman–Crippen MR) is 108 cm³/mol. The number of nitrogens with zero attached hydrogens (tertiary/aromatic N) is 2. The van der Waals surface area contributed by atoms with E-state index in [1.54, 1.807) is 36.4 Å². The molecule has 9 heteroatoms. The molecule has 0 amide bonds. The van der Waals surface area contributed by atoms with Gasteiger partial charge in [0, 0.05) is 6.07 Å². The van der Waals surface area contributed by atoms with Crippen LogP contribution in [0.25, 0.3) is 11.3 Å². The number of aromatic amines is 1. The molecule has 4 aromatic rings. The number of pyridine rings is 1. The van der Waals surface area contributed by atoms with E-state index in [0.29, 0.717) is 11.5 Å². The molecule has 0 aliphatic carbocycles. The summed E-state index contributed by atoms with van der Waals surface area (Å²) in [4.78, 5) is 4.24. The van der Waals surface area contributed by atoms with E-state index in [-0.39, 0.29) is 26.6 Å². The molecule has 4 rings (SSSR count). The van der Waals surface area contributed by atoms with Crippen molar-refractivity contribution >= 4 is 33.1 Å². The molecule has 0 saturated heterocycles. The third-order valence-electron chi connectivity index (χ3n) is 4.15. The van der Waals surface area contributed by atoms with E-state index < -0.39 is 9.84 Å². The van der Waals surface area contributed by atoms with E-state index in [0.717, 1.165) is 5.56 Å². The first-order chi connectivity index (χ1) is 13.9. The minimum Gasteiger partial charge on any atom is -0.322 e. The molecule has 0 spiro atoms. The molecule has 0 unspecified atom stereocenters. The summed E-state index contributed by atoms with van der Waals surface area (Å²) in [7, 11) is -3.82. The third kappa shape index (κ3) is 3.98. The van der Waals surface area contributed by atoms with Crippen molar-refractivity contribution < 1.29 is 12.8 Å². The van der Waals surface area contributed by atoms with Crippen molar-refractivity contribution in [1.29, 1.82) is 0 Å². The van der Waals surface area contributed by atoms with Crippen LogP contribution in [-0.4, -0.2) is 23.6 Å². The van der Waals surface area contributed by atoms with Crippen LogP contribution < -0.4 is 5.32 Å². The molecule has 2 heterocycles. The van der Waals surface area contributed by atoms with Gasteiger partial charge in [0.05, 0.1) is 10.6 Å². The molecule has 0 bridgehead atoms. The highest BCUT2D eigenvalue weighted by Gasteiger charge is 2.23. The van der Waals surface area contributed by atoms with E-state index in [1.807, 2.05) is 0 Å². The Bertz CT molecular complexity index is 1260. The summed E-state index contributed by atoms with van der Waals surface area (Å²) in [5.74, 6) is 0.0487. The lowest BCUT2D eigenvalue weighted by Gasteiger charge is -2.10. The lowest BCUT2D eigenvalue weighted by molar-refractivity contribution is 0.596. The van der Waals surface area contributed by atoms with Crippen LogP contribution in [0.4, 0.5) is 16.0 Å². The minimum absolute atomic E-state index is 0.0283. The molecule has 6 nitrogen and oxygen atoms in total. The molecule has 2 N–H and O–H groups in total. The van der Waals surface area contributed by atoms with Crippen molar-refractivity contribution in [1.82, 2.24) is 15.2 Å². The van der Waals surface area contributed by atoms with E-state index in [4.69, 9.17) is 11.6 Å². The number of hydrogen-bond acceptors (Lipinski definition) is 5. The van der Waals surface area contributed by atoms with Gasteiger partial charge in [0.15, 0.2) is 11.6 Å². The molecule has 0 saturated carbocycles. The first kappa shape index (κ1) is 19.1. The van der Waals surface area contributed by atoms with Crippen LogP contribution in [0.5, 0.6) is 0 Å². The number of benzene rings is 2. The molecular formula is C20H14ClFN4O2S. The van der Waals surface area contributed by atoms with Gasteiger partial charge in [-0.1, -0.05) is 29.8 Å². The van der Waals surface area contributed by atoms with Crippen molar-refractivity contribution in [3.05, 3.63) is 83.8 Å². The number of sulfone groups is 1. The topological polar surface area (TPSA) is 87.7 Å². The van der Waals surface area contributed by atoms with Crippen LogP contribution in [-0.2, 0) is 9.84 Å². The second kappa shape index (κ2) is 7.65. The maximum absolute atomic E-state index is 13.1. The lowest BCUT2D eigenvalue weighted by Crippen LogP contribution is -2.07. The zero-order chi connectivity index (χ0) is 20.4. The maximum atomic E-state index is 13.1. The molecular weight excluding hydrogens is 415 g/mol. The number of aromatic nitrogens is 3. The summed E-state index contributed by atoms with van der Waals surface area (Å²) in [6.07, 6.45) is 0. The van der Waals surface area contributed by atoms with Crippen LogP contribution in [0.1, 0.15) is 0 Å². The highest BCUT2D eigenvalue weighted by Crippen LogP contribution is 2.30. The van der Waals surface area contributed by atoms with Crippen molar-refractivity contribution in [2.75, 3.05) is 5.32 Å². The first-order valence-electron chi connectivity index (χ1n) is 8.48. The molecule has 2 aromatic heterocycles. The van der Waals surface area contributed by atoms with Gasteiger partial charge >= 0.3 is 0 Å². The van der Waals surface area contributed by atoms with Crippen LogP contribution in [0.3, 0.4) is 0 Å². The average Bonchev–Trinajstić information content (AvgIpc) is 3.17. The molecule has 0 aliphatic heterocycles. The van der Waals surface area contributed by atoms with E-state index in [1.165, 1.54) is 36.4 Å². The maximum Gasteiger partial charge on any atom is 0.210 e. The molecule has 0 radical (unpaired) electrons. The largest absolute Gasteiger partial charge is 0.322 e. The Morgan fingerprint density at radius 3 is 2.41 bits per heavy atom. The highest BCUT2D eigenvalue weighted by atomic mass is 35.5. The second-order valence-electron chi connectivity index (χ2n) is 6.10. The number of halogens is 2. The Hall–Kier alpha value is -3.23. The summed E-state index contributed by atoms with van der Waals surface area (Å²) in [6.45, 7) is 0. The Labute approximate surface area is 171 Å². The summed E-state index contributed by atoms with van der Waals surface area (Å²) in [6, 6.07) is 18.4. The number of rotatable bonds is 5. The molecule has 2 aromatic carbocycles. The van der Waals surface area contributed by atoms with Gasteiger partial charge in [-0.3, -0.25) is 5.10 Å². The predicted octanol–water partition coefficient (Wildman–Crippen LogP) is 4.84. The second-order valence-corrected chi connectivity index (χ2v) is 8.40. The van der Waals surface area contributed by atoms with Gasteiger partial charge in [-0.15, -0.1) is 0 Å².